The minimum atomic E-state index is 0.315. The first-order chi connectivity index (χ1) is 9.11. The summed E-state index contributed by atoms with van der Waals surface area (Å²) in [5.41, 5.74) is 3.91. The van der Waals surface area contributed by atoms with E-state index in [0.717, 1.165) is 10.9 Å². The van der Waals surface area contributed by atoms with E-state index in [1.165, 1.54) is 21.2 Å². The predicted octanol–water partition coefficient (Wildman–Crippen LogP) is 5.02. The van der Waals surface area contributed by atoms with Crippen LogP contribution in [0.15, 0.2) is 51.4 Å². The van der Waals surface area contributed by atoms with E-state index in [0.29, 0.717) is 6.04 Å². The van der Waals surface area contributed by atoms with Gasteiger partial charge >= 0.3 is 0 Å². The Hall–Kier alpha value is -0.640. The highest BCUT2D eigenvalue weighted by Crippen LogP contribution is 2.28. The second-order valence-corrected chi connectivity index (χ2v) is 6.36. The van der Waals surface area contributed by atoms with E-state index < -0.39 is 0 Å². The number of hydrogen-bond donors (Lipinski definition) is 1. The van der Waals surface area contributed by atoms with Gasteiger partial charge in [0.15, 0.2) is 0 Å². The standard InChI is InChI=1S/C16H17Br2N/c1-11-4-3-5-14(16(11)18)15(19-2)10-12-6-8-13(17)9-7-12/h3-9,15,19H,10H2,1-2H3. The highest BCUT2D eigenvalue weighted by Gasteiger charge is 2.14. The quantitative estimate of drug-likeness (QED) is 0.782. The molecule has 3 heteroatoms. The fourth-order valence-corrected chi connectivity index (χ4v) is 2.97. The molecule has 1 nitrogen and oxygen atoms in total. The fourth-order valence-electron chi connectivity index (χ4n) is 2.16. The van der Waals surface area contributed by atoms with Gasteiger partial charge < -0.3 is 5.32 Å². The minimum absolute atomic E-state index is 0.315. The molecule has 2 aromatic carbocycles. The number of hydrogen-bond acceptors (Lipinski definition) is 1. The number of rotatable bonds is 4. The van der Waals surface area contributed by atoms with Crippen molar-refractivity contribution in [3.8, 4) is 0 Å². The Balaban J connectivity index is 2.25. The summed E-state index contributed by atoms with van der Waals surface area (Å²) in [5, 5.41) is 3.41. The van der Waals surface area contributed by atoms with Gasteiger partial charge in [-0.15, -0.1) is 0 Å². The zero-order chi connectivity index (χ0) is 13.8. The van der Waals surface area contributed by atoms with Gasteiger partial charge in [-0.05, 0) is 49.2 Å². The van der Waals surface area contributed by atoms with Crippen molar-refractivity contribution in [2.75, 3.05) is 7.05 Å². The van der Waals surface area contributed by atoms with Gasteiger partial charge in [0.25, 0.3) is 0 Å². The van der Waals surface area contributed by atoms with Crippen LogP contribution in [0.1, 0.15) is 22.7 Å². The maximum Gasteiger partial charge on any atom is 0.0369 e. The maximum atomic E-state index is 3.70. The number of nitrogens with one attached hydrogen (secondary N) is 1. The molecule has 0 heterocycles. The molecule has 1 atom stereocenters. The Bertz CT molecular complexity index is 549. The summed E-state index contributed by atoms with van der Waals surface area (Å²) >= 11 is 7.17. The lowest BCUT2D eigenvalue weighted by atomic mass is 9.98. The minimum Gasteiger partial charge on any atom is -0.313 e. The van der Waals surface area contributed by atoms with E-state index >= 15 is 0 Å². The van der Waals surface area contributed by atoms with Crippen molar-refractivity contribution in [1.29, 1.82) is 0 Å². The summed E-state index contributed by atoms with van der Waals surface area (Å²) < 4.78 is 2.32. The smallest absolute Gasteiger partial charge is 0.0369 e. The number of likely N-dealkylation sites (N-methyl/N-ethyl adjacent to an activating group) is 1. The molecule has 0 bridgehead atoms. The Morgan fingerprint density at radius 3 is 2.37 bits per heavy atom. The summed E-state index contributed by atoms with van der Waals surface area (Å²) in [6.07, 6.45) is 0.978. The average molecular weight is 383 g/mol. The van der Waals surface area contributed by atoms with Gasteiger partial charge in [-0.2, -0.15) is 0 Å². The molecule has 0 amide bonds. The number of benzene rings is 2. The summed E-state index contributed by atoms with van der Waals surface area (Å²) in [6.45, 7) is 2.12. The normalized spacial score (nSPS) is 12.4. The first-order valence-corrected chi connectivity index (χ1v) is 7.87. The lowest BCUT2D eigenvalue weighted by molar-refractivity contribution is 0.589. The van der Waals surface area contributed by atoms with Gasteiger partial charge in [-0.3, -0.25) is 0 Å². The first kappa shape index (κ1) is 14.8. The van der Waals surface area contributed by atoms with E-state index in [1.807, 2.05) is 7.05 Å². The molecular weight excluding hydrogens is 366 g/mol. The van der Waals surface area contributed by atoms with Crippen LogP contribution >= 0.6 is 31.9 Å². The van der Waals surface area contributed by atoms with Crippen LogP contribution in [0.5, 0.6) is 0 Å². The van der Waals surface area contributed by atoms with Gasteiger partial charge in [0, 0.05) is 15.0 Å². The van der Waals surface area contributed by atoms with Crippen LogP contribution in [-0.4, -0.2) is 7.05 Å². The monoisotopic (exact) mass is 381 g/mol. The van der Waals surface area contributed by atoms with Crippen LogP contribution in [-0.2, 0) is 6.42 Å². The van der Waals surface area contributed by atoms with Crippen LogP contribution < -0.4 is 5.32 Å². The zero-order valence-electron chi connectivity index (χ0n) is 11.1. The van der Waals surface area contributed by atoms with Crippen molar-refractivity contribution in [3.63, 3.8) is 0 Å². The van der Waals surface area contributed by atoms with Crippen molar-refractivity contribution in [3.05, 3.63) is 68.1 Å². The molecule has 0 spiro atoms. The van der Waals surface area contributed by atoms with Crippen LogP contribution in [0.2, 0.25) is 0 Å². The van der Waals surface area contributed by atoms with Crippen molar-refractivity contribution in [2.24, 2.45) is 0 Å². The molecule has 19 heavy (non-hydrogen) atoms. The molecule has 0 fully saturated rings. The van der Waals surface area contributed by atoms with E-state index in [-0.39, 0.29) is 0 Å². The lowest BCUT2D eigenvalue weighted by Crippen LogP contribution is -2.19. The Morgan fingerprint density at radius 2 is 1.74 bits per heavy atom. The molecule has 0 aliphatic rings. The lowest BCUT2D eigenvalue weighted by Gasteiger charge is -2.19. The Morgan fingerprint density at radius 1 is 1.05 bits per heavy atom. The molecule has 0 aliphatic heterocycles. The maximum absolute atomic E-state index is 3.70. The molecule has 2 rings (SSSR count). The van der Waals surface area contributed by atoms with E-state index in [1.54, 1.807) is 0 Å². The third-order valence-electron chi connectivity index (χ3n) is 3.30. The molecule has 1 N–H and O–H groups in total. The summed E-state index contributed by atoms with van der Waals surface area (Å²) in [5.74, 6) is 0. The van der Waals surface area contributed by atoms with Gasteiger partial charge in [-0.25, -0.2) is 0 Å². The SMILES string of the molecule is CNC(Cc1ccc(Br)cc1)c1cccc(C)c1Br. The van der Waals surface area contributed by atoms with Crippen LogP contribution in [0.25, 0.3) is 0 Å². The zero-order valence-corrected chi connectivity index (χ0v) is 14.3. The molecule has 0 radical (unpaired) electrons. The van der Waals surface area contributed by atoms with Gasteiger partial charge in [0.05, 0.1) is 0 Å². The number of aryl methyl sites for hydroxylation is 1. The molecule has 1 unspecified atom stereocenters. The van der Waals surface area contributed by atoms with Gasteiger partial charge in [0.2, 0.25) is 0 Å². The average Bonchev–Trinajstić information content (AvgIpc) is 2.42. The Kier molecular flexibility index (Phi) is 5.20. The van der Waals surface area contributed by atoms with Crippen molar-refractivity contribution >= 4 is 31.9 Å². The molecule has 0 saturated carbocycles. The highest BCUT2D eigenvalue weighted by molar-refractivity contribution is 9.10. The van der Waals surface area contributed by atoms with Gasteiger partial charge in [-0.1, -0.05) is 62.2 Å². The molecule has 2 aromatic rings. The van der Waals surface area contributed by atoms with E-state index in [2.05, 4.69) is 86.6 Å². The number of halogens is 2. The molecular formula is C16H17Br2N. The Labute approximate surface area is 131 Å². The summed E-state index contributed by atoms with van der Waals surface area (Å²) in [7, 11) is 2.01. The van der Waals surface area contributed by atoms with Crippen molar-refractivity contribution in [1.82, 2.24) is 5.32 Å². The second-order valence-electron chi connectivity index (χ2n) is 4.65. The molecule has 0 aromatic heterocycles. The van der Waals surface area contributed by atoms with Crippen LogP contribution in [0, 0.1) is 6.92 Å². The fraction of sp³-hybridized carbons (Fsp3) is 0.250. The van der Waals surface area contributed by atoms with Gasteiger partial charge in [0.1, 0.15) is 0 Å². The van der Waals surface area contributed by atoms with Crippen LogP contribution in [0.3, 0.4) is 0 Å². The summed E-state index contributed by atoms with van der Waals surface area (Å²) in [4.78, 5) is 0. The first-order valence-electron chi connectivity index (χ1n) is 6.28. The predicted molar refractivity (Wildman–Crippen MR) is 88.5 cm³/mol. The largest absolute Gasteiger partial charge is 0.313 e. The van der Waals surface area contributed by atoms with Crippen LogP contribution in [0.4, 0.5) is 0 Å². The topological polar surface area (TPSA) is 12.0 Å². The summed E-state index contributed by atoms with van der Waals surface area (Å²) in [6, 6.07) is 15.2. The van der Waals surface area contributed by atoms with Crippen molar-refractivity contribution in [2.45, 2.75) is 19.4 Å². The third-order valence-corrected chi connectivity index (χ3v) is 4.91. The highest BCUT2D eigenvalue weighted by atomic mass is 79.9. The van der Waals surface area contributed by atoms with E-state index in [4.69, 9.17) is 0 Å². The molecule has 0 aliphatic carbocycles. The molecule has 0 saturated heterocycles. The van der Waals surface area contributed by atoms with Crippen molar-refractivity contribution < 1.29 is 0 Å². The third kappa shape index (κ3) is 3.68. The van der Waals surface area contributed by atoms with E-state index in [9.17, 15) is 0 Å². The second kappa shape index (κ2) is 6.69. The molecule has 100 valence electrons.